The minimum absolute atomic E-state index is 0.00453. The molecule has 0 saturated carbocycles. The van der Waals surface area contributed by atoms with Crippen LogP contribution in [-0.2, 0) is 4.79 Å². The molecule has 0 aliphatic carbocycles. The van der Waals surface area contributed by atoms with Gasteiger partial charge in [0.25, 0.3) is 0 Å². The van der Waals surface area contributed by atoms with E-state index in [0.29, 0.717) is 26.5 Å². The number of anilines is 3. The number of nitrogen functional groups attached to an aromatic ring is 2. The van der Waals surface area contributed by atoms with E-state index in [9.17, 15) is 10.1 Å². The van der Waals surface area contributed by atoms with Gasteiger partial charge in [-0.1, -0.05) is 41.1 Å². The highest BCUT2D eigenvalue weighted by Gasteiger charge is 2.32. The highest BCUT2D eigenvalue weighted by molar-refractivity contribution is 7.14. The molecule has 134 valence electrons. The van der Waals surface area contributed by atoms with Crippen LogP contribution in [0.1, 0.15) is 29.0 Å². The first-order valence-corrected chi connectivity index (χ1v) is 9.16. The average molecular weight is 397 g/mol. The van der Waals surface area contributed by atoms with E-state index in [1.165, 1.54) is 0 Å². The summed E-state index contributed by atoms with van der Waals surface area (Å²) in [6.07, 6.45) is 0.178. The van der Waals surface area contributed by atoms with E-state index in [2.05, 4.69) is 10.3 Å². The topological polar surface area (TPSA) is 142 Å². The van der Waals surface area contributed by atoms with E-state index < -0.39 is 0 Å². The van der Waals surface area contributed by atoms with Gasteiger partial charge in [-0.3, -0.25) is 10.2 Å². The Morgan fingerprint density at radius 3 is 2.81 bits per heavy atom. The molecule has 1 atom stereocenters. The number of nitrogens with one attached hydrogen (secondary N) is 2. The van der Waals surface area contributed by atoms with Crippen molar-refractivity contribution in [3.8, 4) is 6.07 Å². The van der Waals surface area contributed by atoms with Crippen LogP contribution in [0, 0.1) is 16.7 Å². The van der Waals surface area contributed by atoms with E-state index in [-0.39, 0.29) is 40.0 Å². The molecule has 0 unspecified atom stereocenters. The fourth-order valence-corrected chi connectivity index (χ4v) is 4.68. The summed E-state index contributed by atoms with van der Waals surface area (Å²) >= 11 is 7.46. The lowest BCUT2D eigenvalue weighted by atomic mass is 9.86. The lowest BCUT2D eigenvalue weighted by Gasteiger charge is -2.27. The Labute approximate surface area is 162 Å². The summed E-state index contributed by atoms with van der Waals surface area (Å²) in [4.78, 5) is 16.7. The molecule has 9 heteroatoms. The summed E-state index contributed by atoms with van der Waals surface area (Å²) in [6.45, 7) is 0. The smallest absolute Gasteiger partial charge is 0.225 e. The van der Waals surface area contributed by atoms with Gasteiger partial charge >= 0.3 is 0 Å². The number of rotatable bonds is 1. The van der Waals surface area contributed by atoms with Gasteiger partial charge in [0.1, 0.15) is 27.1 Å². The lowest BCUT2D eigenvalue weighted by Crippen LogP contribution is -2.25. The number of nitriles is 1. The minimum atomic E-state index is -0.360. The van der Waals surface area contributed by atoms with Gasteiger partial charge in [0.05, 0.1) is 16.6 Å². The van der Waals surface area contributed by atoms with E-state index >= 15 is 0 Å². The normalized spacial score (nSPS) is 15.9. The van der Waals surface area contributed by atoms with Crippen molar-refractivity contribution in [1.82, 2.24) is 4.98 Å². The molecular formula is C18H13ClN6OS. The fourth-order valence-electron chi connectivity index (χ4n) is 3.39. The van der Waals surface area contributed by atoms with Crippen LogP contribution in [0.2, 0.25) is 5.02 Å². The largest absolute Gasteiger partial charge is 0.397 e. The third-order valence-electron chi connectivity index (χ3n) is 4.58. The number of fused-ring (bicyclic) bond motifs is 3. The molecule has 3 heterocycles. The van der Waals surface area contributed by atoms with Crippen LogP contribution in [0.15, 0.2) is 24.3 Å². The molecule has 7 nitrogen and oxygen atoms in total. The maximum absolute atomic E-state index is 12.3. The Morgan fingerprint density at radius 2 is 2.11 bits per heavy atom. The Balaban J connectivity index is 2.14. The van der Waals surface area contributed by atoms with Gasteiger partial charge in [0.2, 0.25) is 5.91 Å². The Hall–Kier alpha value is -3.15. The molecule has 0 spiro atoms. The number of halogens is 1. The van der Waals surface area contributed by atoms with Crippen molar-refractivity contribution in [3.05, 3.63) is 50.6 Å². The molecule has 27 heavy (non-hydrogen) atoms. The van der Waals surface area contributed by atoms with E-state index in [4.69, 9.17) is 28.5 Å². The Bertz CT molecular complexity index is 1230. The molecule has 1 amide bonds. The van der Waals surface area contributed by atoms with Crippen molar-refractivity contribution in [2.75, 3.05) is 16.8 Å². The van der Waals surface area contributed by atoms with Gasteiger partial charge in [0.15, 0.2) is 0 Å². The quantitative estimate of drug-likeness (QED) is 0.500. The Morgan fingerprint density at radius 1 is 1.37 bits per heavy atom. The highest BCUT2D eigenvalue weighted by atomic mass is 35.5. The molecule has 0 bridgehead atoms. The van der Waals surface area contributed by atoms with Crippen molar-refractivity contribution in [2.45, 2.75) is 12.3 Å². The van der Waals surface area contributed by atoms with Crippen LogP contribution in [-0.4, -0.2) is 10.9 Å². The average Bonchev–Trinajstić information content (AvgIpc) is 2.61. The number of nitrogens with two attached hydrogens (primary N) is 2. The lowest BCUT2D eigenvalue weighted by molar-refractivity contribution is -0.116. The number of aromatic nitrogens is 1. The van der Waals surface area contributed by atoms with Gasteiger partial charge in [-0.25, -0.2) is 4.98 Å². The highest BCUT2D eigenvalue weighted by Crippen LogP contribution is 2.44. The van der Waals surface area contributed by atoms with Gasteiger partial charge in [0, 0.05) is 22.9 Å². The molecule has 1 aromatic carbocycles. The first-order chi connectivity index (χ1) is 12.9. The third kappa shape index (κ3) is 2.60. The number of pyridine rings is 1. The van der Waals surface area contributed by atoms with Gasteiger partial charge in [-0.15, -0.1) is 0 Å². The number of hydrogen-bond donors (Lipinski definition) is 4. The number of carbonyl (C=O) groups is 1. The molecule has 1 aliphatic rings. The summed E-state index contributed by atoms with van der Waals surface area (Å²) in [5.41, 5.74) is 14.2. The standard InChI is InChI=1S/C18H13ClN6OS/c19-10-4-2-1-3-7(10)8-5-11(26)24-18-12(8)15-13(17(23)27-18)14(21)9(6-20)16(22)25-15/h1-4,8,23H,5H2,(H,24,26)(H4,21,22,25)/t8-/m1/s1. The van der Waals surface area contributed by atoms with E-state index in [0.717, 1.165) is 16.9 Å². The zero-order valence-electron chi connectivity index (χ0n) is 13.8. The van der Waals surface area contributed by atoms with Crippen molar-refractivity contribution < 1.29 is 4.79 Å². The van der Waals surface area contributed by atoms with E-state index in [1.807, 2.05) is 24.3 Å². The number of hydrogen-bond acceptors (Lipinski definition) is 7. The van der Waals surface area contributed by atoms with E-state index in [1.54, 1.807) is 6.07 Å². The predicted octanol–water partition coefficient (Wildman–Crippen LogP) is 2.94. The van der Waals surface area contributed by atoms with Crippen molar-refractivity contribution in [2.24, 2.45) is 0 Å². The Kier molecular flexibility index (Phi) is 3.98. The summed E-state index contributed by atoms with van der Waals surface area (Å²) in [7, 11) is 0. The first-order valence-electron chi connectivity index (χ1n) is 7.97. The minimum Gasteiger partial charge on any atom is -0.397 e. The maximum Gasteiger partial charge on any atom is 0.225 e. The molecule has 1 aliphatic heterocycles. The molecule has 6 N–H and O–H groups in total. The second-order valence-electron chi connectivity index (χ2n) is 6.12. The van der Waals surface area contributed by atoms with Crippen molar-refractivity contribution >= 4 is 56.3 Å². The van der Waals surface area contributed by atoms with Crippen LogP contribution in [0.4, 0.5) is 16.5 Å². The molecule has 0 fully saturated rings. The first kappa shape index (κ1) is 17.3. The summed E-state index contributed by atoms with van der Waals surface area (Å²) < 4.78 is 0.102. The van der Waals surface area contributed by atoms with Gasteiger partial charge < -0.3 is 16.8 Å². The second-order valence-corrected chi connectivity index (χ2v) is 7.55. The molecule has 4 rings (SSSR count). The van der Waals surface area contributed by atoms with Crippen LogP contribution in [0.3, 0.4) is 0 Å². The summed E-state index contributed by atoms with van der Waals surface area (Å²) in [5.74, 6) is -0.534. The van der Waals surface area contributed by atoms with Crippen LogP contribution in [0.5, 0.6) is 0 Å². The fraction of sp³-hybridized carbons (Fsp3) is 0.111. The molecule has 0 saturated heterocycles. The van der Waals surface area contributed by atoms with Crippen molar-refractivity contribution in [3.63, 3.8) is 0 Å². The molecular weight excluding hydrogens is 384 g/mol. The van der Waals surface area contributed by atoms with Crippen LogP contribution >= 0.6 is 22.9 Å². The second kappa shape index (κ2) is 6.23. The zero-order chi connectivity index (χ0) is 19.3. The van der Waals surface area contributed by atoms with Crippen LogP contribution in [0.25, 0.3) is 10.9 Å². The summed E-state index contributed by atoms with van der Waals surface area (Å²) in [6, 6.07) is 9.22. The van der Waals surface area contributed by atoms with Gasteiger partial charge in [-0.05, 0) is 11.6 Å². The zero-order valence-corrected chi connectivity index (χ0v) is 15.4. The van der Waals surface area contributed by atoms with Gasteiger partial charge in [-0.2, -0.15) is 5.26 Å². The molecule has 0 radical (unpaired) electrons. The third-order valence-corrected chi connectivity index (χ3v) is 5.86. The number of nitrogens with zero attached hydrogens (tertiary/aromatic N) is 2. The number of carbonyl (C=O) groups excluding carboxylic acids is 1. The summed E-state index contributed by atoms with van der Waals surface area (Å²) in [5, 5.41) is 21.9. The molecule has 3 aromatic rings. The number of benzene rings is 1. The monoisotopic (exact) mass is 396 g/mol. The molecule has 2 aromatic heterocycles. The van der Waals surface area contributed by atoms with Crippen molar-refractivity contribution in [1.29, 1.82) is 10.7 Å². The SMILES string of the molecule is N#Cc1c(N)nc2c3c(sc(=N)c2c1N)NC(=O)C[C@@H]3c1ccccc1Cl. The van der Waals surface area contributed by atoms with Crippen LogP contribution < -0.4 is 21.5 Å². The maximum atomic E-state index is 12.3. The number of amides is 1. The predicted molar refractivity (Wildman–Crippen MR) is 106 cm³/mol.